The number of hydrogen-bond acceptors (Lipinski definition) is 5. The first kappa shape index (κ1) is 12.1. The van der Waals surface area contributed by atoms with Gasteiger partial charge in [0, 0.05) is 12.7 Å². The predicted molar refractivity (Wildman–Crippen MR) is 65.7 cm³/mol. The monoisotopic (exact) mass is 246 g/mol. The number of nitrogens with zero attached hydrogens (tertiary/aromatic N) is 3. The lowest BCUT2D eigenvalue weighted by Crippen LogP contribution is -2.27. The van der Waals surface area contributed by atoms with Gasteiger partial charge in [-0.3, -0.25) is 4.79 Å². The summed E-state index contributed by atoms with van der Waals surface area (Å²) < 4.78 is 5.19. The van der Waals surface area contributed by atoms with Gasteiger partial charge < -0.3 is 15.1 Å². The molecule has 94 valence electrons. The predicted octanol–water partition coefficient (Wildman–Crippen LogP) is 1.23. The zero-order chi connectivity index (χ0) is 13.1. The maximum absolute atomic E-state index is 12.1. The van der Waals surface area contributed by atoms with Crippen molar-refractivity contribution in [2.75, 3.05) is 12.8 Å². The quantitative estimate of drug-likeness (QED) is 0.880. The molecule has 0 aromatic carbocycles. The molecule has 2 rings (SSSR count). The van der Waals surface area contributed by atoms with E-state index in [1.165, 1.54) is 4.90 Å². The van der Waals surface area contributed by atoms with E-state index < -0.39 is 0 Å². The maximum Gasteiger partial charge on any atom is 0.272 e. The number of aromatic nitrogens is 2. The first-order valence-electron chi connectivity index (χ1n) is 5.45. The Bertz CT molecular complexity index is 531. The third kappa shape index (κ3) is 2.65. The molecule has 2 N–H and O–H groups in total. The summed E-state index contributed by atoms with van der Waals surface area (Å²) in [6.07, 6.45) is 1.57. The van der Waals surface area contributed by atoms with Crippen molar-refractivity contribution in [3.05, 3.63) is 41.6 Å². The minimum atomic E-state index is -0.219. The summed E-state index contributed by atoms with van der Waals surface area (Å²) in [4.78, 5) is 21.5. The van der Waals surface area contributed by atoms with Crippen molar-refractivity contribution in [2.45, 2.75) is 13.5 Å². The number of amides is 1. The smallest absolute Gasteiger partial charge is 0.272 e. The number of aryl methyl sites for hydroxylation is 1. The molecule has 0 aliphatic rings. The van der Waals surface area contributed by atoms with E-state index >= 15 is 0 Å². The lowest BCUT2D eigenvalue weighted by atomic mass is 10.3. The van der Waals surface area contributed by atoms with Gasteiger partial charge >= 0.3 is 0 Å². The van der Waals surface area contributed by atoms with Crippen LogP contribution in [0.2, 0.25) is 0 Å². The van der Waals surface area contributed by atoms with Crippen LogP contribution in [0.25, 0.3) is 0 Å². The Labute approximate surface area is 104 Å². The second-order valence-electron chi connectivity index (χ2n) is 3.99. The van der Waals surface area contributed by atoms with Crippen molar-refractivity contribution in [3.8, 4) is 0 Å². The van der Waals surface area contributed by atoms with Crippen LogP contribution in [0.3, 0.4) is 0 Å². The number of carbonyl (C=O) groups excluding carboxylic acids is 1. The molecule has 1 amide bonds. The zero-order valence-corrected chi connectivity index (χ0v) is 10.3. The minimum absolute atomic E-state index is 0.102. The van der Waals surface area contributed by atoms with Crippen LogP contribution in [0.1, 0.15) is 21.9 Å². The molecular weight excluding hydrogens is 232 g/mol. The van der Waals surface area contributed by atoms with Crippen LogP contribution in [-0.2, 0) is 6.54 Å². The summed E-state index contributed by atoms with van der Waals surface area (Å²) in [5.41, 5.74) is 6.47. The Balaban J connectivity index is 2.15. The fourth-order valence-corrected chi connectivity index (χ4v) is 1.60. The van der Waals surface area contributed by atoms with Gasteiger partial charge in [-0.15, -0.1) is 0 Å². The van der Waals surface area contributed by atoms with E-state index in [0.29, 0.717) is 18.0 Å². The van der Waals surface area contributed by atoms with Crippen LogP contribution >= 0.6 is 0 Å². The van der Waals surface area contributed by atoms with E-state index in [1.54, 1.807) is 32.4 Å². The number of hydrogen-bond donors (Lipinski definition) is 1. The van der Waals surface area contributed by atoms with Gasteiger partial charge in [0.05, 0.1) is 12.8 Å². The number of rotatable bonds is 3. The van der Waals surface area contributed by atoms with Crippen molar-refractivity contribution in [3.63, 3.8) is 0 Å². The highest BCUT2D eigenvalue weighted by atomic mass is 16.3. The Hall–Kier alpha value is -2.37. The van der Waals surface area contributed by atoms with Crippen molar-refractivity contribution in [1.82, 2.24) is 14.9 Å². The Kier molecular flexibility index (Phi) is 3.27. The number of anilines is 1. The molecule has 0 atom stereocenters. The summed E-state index contributed by atoms with van der Waals surface area (Å²) in [6.45, 7) is 2.15. The van der Waals surface area contributed by atoms with Crippen molar-refractivity contribution >= 4 is 11.9 Å². The van der Waals surface area contributed by atoms with Gasteiger partial charge in [-0.1, -0.05) is 0 Å². The Morgan fingerprint density at radius 3 is 2.89 bits per heavy atom. The van der Waals surface area contributed by atoms with Crippen molar-refractivity contribution in [2.24, 2.45) is 0 Å². The molecule has 6 nitrogen and oxygen atoms in total. The highest BCUT2D eigenvalue weighted by Crippen LogP contribution is 2.09. The van der Waals surface area contributed by atoms with E-state index in [-0.39, 0.29) is 17.5 Å². The summed E-state index contributed by atoms with van der Waals surface area (Å²) >= 11 is 0. The first-order chi connectivity index (χ1) is 8.56. The second kappa shape index (κ2) is 4.87. The molecule has 0 saturated heterocycles. The average molecular weight is 246 g/mol. The van der Waals surface area contributed by atoms with E-state index in [1.807, 2.05) is 6.07 Å². The molecule has 0 saturated carbocycles. The third-order valence-electron chi connectivity index (χ3n) is 2.41. The van der Waals surface area contributed by atoms with Gasteiger partial charge in [-0.2, -0.15) is 0 Å². The van der Waals surface area contributed by atoms with Gasteiger partial charge in [-0.25, -0.2) is 9.97 Å². The van der Waals surface area contributed by atoms with Gasteiger partial charge in [0.15, 0.2) is 0 Å². The van der Waals surface area contributed by atoms with Crippen LogP contribution < -0.4 is 5.73 Å². The van der Waals surface area contributed by atoms with E-state index in [4.69, 9.17) is 10.2 Å². The molecule has 2 aromatic heterocycles. The topological polar surface area (TPSA) is 85.2 Å². The average Bonchev–Trinajstić information content (AvgIpc) is 2.79. The van der Waals surface area contributed by atoms with E-state index in [9.17, 15) is 4.79 Å². The SMILES string of the molecule is Cc1cc(C(=O)N(C)Cc2ccco2)nc(N)n1. The maximum atomic E-state index is 12.1. The molecule has 0 bridgehead atoms. The van der Waals surface area contributed by atoms with Crippen LogP contribution in [-0.4, -0.2) is 27.8 Å². The van der Waals surface area contributed by atoms with Gasteiger partial charge in [0.2, 0.25) is 5.95 Å². The number of nitrogen functional groups attached to an aromatic ring is 1. The normalized spacial score (nSPS) is 10.3. The lowest BCUT2D eigenvalue weighted by Gasteiger charge is -2.15. The zero-order valence-electron chi connectivity index (χ0n) is 10.3. The fourth-order valence-electron chi connectivity index (χ4n) is 1.60. The fraction of sp³-hybridized carbons (Fsp3) is 0.250. The summed E-state index contributed by atoms with van der Waals surface area (Å²) in [5.74, 6) is 0.595. The molecule has 2 heterocycles. The largest absolute Gasteiger partial charge is 0.467 e. The highest BCUT2D eigenvalue weighted by molar-refractivity contribution is 5.92. The summed E-state index contributed by atoms with van der Waals surface area (Å²) in [5, 5.41) is 0. The molecular formula is C12H14N4O2. The minimum Gasteiger partial charge on any atom is -0.467 e. The third-order valence-corrected chi connectivity index (χ3v) is 2.41. The van der Waals surface area contributed by atoms with Gasteiger partial charge in [0.1, 0.15) is 11.5 Å². The summed E-state index contributed by atoms with van der Waals surface area (Å²) in [7, 11) is 1.68. The van der Waals surface area contributed by atoms with Crippen LogP contribution in [0.15, 0.2) is 28.9 Å². The van der Waals surface area contributed by atoms with Crippen molar-refractivity contribution < 1.29 is 9.21 Å². The first-order valence-corrected chi connectivity index (χ1v) is 5.45. The summed E-state index contributed by atoms with van der Waals surface area (Å²) in [6, 6.07) is 5.20. The van der Waals surface area contributed by atoms with Crippen LogP contribution in [0.4, 0.5) is 5.95 Å². The van der Waals surface area contributed by atoms with Crippen LogP contribution in [0, 0.1) is 6.92 Å². The number of carbonyl (C=O) groups is 1. The Morgan fingerprint density at radius 2 is 2.28 bits per heavy atom. The molecule has 0 fully saturated rings. The molecule has 18 heavy (non-hydrogen) atoms. The molecule has 0 spiro atoms. The molecule has 0 radical (unpaired) electrons. The lowest BCUT2D eigenvalue weighted by molar-refractivity contribution is 0.0769. The van der Waals surface area contributed by atoms with Gasteiger partial charge in [0.25, 0.3) is 5.91 Å². The van der Waals surface area contributed by atoms with Gasteiger partial charge in [-0.05, 0) is 25.1 Å². The second-order valence-corrected chi connectivity index (χ2v) is 3.99. The Morgan fingerprint density at radius 1 is 1.50 bits per heavy atom. The highest BCUT2D eigenvalue weighted by Gasteiger charge is 2.15. The molecule has 0 aliphatic heterocycles. The molecule has 2 aromatic rings. The number of nitrogens with two attached hydrogens (primary N) is 1. The molecule has 6 heteroatoms. The number of furan rings is 1. The van der Waals surface area contributed by atoms with Crippen molar-refractivity contribution in [1.29, 1.82) is 0 Å². The standard InChI is InChI=1S/C12H14N4O2/c1-8-6-10(15-12(13)14-8)11(17)16(2)7-9-4-3-5-18-9/h3-6H,7H2,1-2H3,(H2,13,14,15). The van der Waals surface area contributed by atoms with Crippen LogP contribution in [0.5, 0.6) is 0 Å². The van der Waals surface area contributed by atoms with E-state index in [0.717, 1.165) is 0 Å². The molecule has 0 unspecified atom stereocenters. The molecule has 0 aliphatic carbocycles. The van der Waals surface area contributed by atoms with E-state index in [2.05, 4.69) is 9.97 Å².